The lowest BCUT2D eigenvalue weighted by Crippen LogP contribution is -2.36. The average molecular weight is 234 g/mol. The van der Waals surface area contributed by atoms with Crippen LogP contribution in [-0.4, -0.2) is 6.17 Å². The summed E-state index contributed by atoms with van der Waals surface area (Å²) in [5, 5.41) is 0.788. The van der Waals surface area contributed by atoms with Gasteiger partial charge < -0.3 is 5.73 Å². The molecule has 3 nitrogen and oxygen atoms in total. The van der Waals surface area contributed by atoms with Gasteiger partial charge in [-0.1, -0.05) is 29.8 Å². The number of nitrogens with two attached hydrogens (primary N) is 1. The summed E-state index contributed by atoms with van der Waals surface area (Å²) >= 11 is 6.04. The van der Waals surface area contributed by atoms with E-state index < -0.39 is 0 Å². The van der Waals surface area contributed by atoms with Crippen molar-refractivity contribution in [2.45, 2.75) is 18.6 Å². The van der Waals surface area contributed by atoms with E-state index in [1.165, 1.54) is 0 Å². The largest absolute Gasteiger partial charge is 0.315 e. The van der Waals surface area contributed by atoms with Gasteiger partial charge in [0.25, 0.3) is 0 Å². The Hall–Kier alpha value is -0.320. The summed E-state index contributed by atoms with van der Waals surface area (Å²) in [5.74, 6) is 0. The van der Waals surface area contributed by atoms with Gasteiger partial charge >= 0.3 is 0 Å². The monoisotopic (exact) mass is 233 g/mol. The van der Waals surface area contributed by atoms with Gasteiger partial charge in [-0.05, 0) is 18.1 Å². The number of hydrazine groups is 1. The van der Waals surface area contributed by atoms with Crippen molar-refractivity contribution in [1.82, 2.24) is 10.9 Å². The van der Waals surface area contributed by atoms with Gasteiger partial charge in [-0.3, -0.25) is 0 Å². The van der Waals surface area contributed by atoms with Gasteiger partial charge in [0.05, 0.1) is 12.2 Å². The van der Waals surface area contributed by atoms with E-state index in [1.807, 2.05) is 24.3 Å². The molecule has 0 aliphatic carbocycles. The fourth-order valence-electron chi connectivity index (χ4n) is 1.54. The molecule has 0 aromatic heterocycles. The lowest BCUT2D eigenvalue weighted by molar-refractivity contribution is 0.552. The molecular weight excluding hydrogens is 221 g/mol. The Labute approximate surface area is 94.4 Å². The molecule has 1 fully saturated rings. The predicted molar refractivity (Wildman–Crippen MR) is 60.3 cm³/mol. The molecule has 2 rings (SSSR count). The summed E-state index contributed by atoms with van der Waals surface area (Å²) < 4.78 is 0. The third-order valence-corrected chi connectivity index (χ3v) is 2.56. The maximum Gasteiger partial charge on any atom is 0.0698 e. The molecule has 1 aliphatic rings. The van der Waals surface area contributed by atoms with Crippen molar-refractivity contribution in [1.29, 1.82) is 0 Å². The van der Waals surface area contributed by atoms with E-state index in [2.05, 4.69) is 10.9 Å². The van der Waals surface area contributed by atoms with Crippen molar-refractivity contribution in [2.24, 2.45) is 5.73 Å². The summed E-state index contributed by atoms with van der Waals surface area (Å²) in [4.78, 5) is 0. The molecular formula is C9H13Cl2N3. The first-order valence-electron chi connectivity index (χ1n) is 4.28. The zero-order valence-corrected chi connectivity index (χ0v) is 9.11. The van der Waals surface area contributed by atoms with E-state index in [4.69, 9.17) is 17.3 Å². The molecule has 1 saturated heterocycles. The molecule has 1 aliphatic heterocycles. The molecule has 1 heterocycles. The van der Waals surface area contributed by atoms with Crippen LogP contribution < -0.4 is 16.6 Å². The third-order valence-electron chi connectivity index (χ3n) is 2.21. The van der Waals surface area contributed by atoms with E-state index in [0.717, 1.165) is 17.0 Å². The quantitative estimate of drug-likeness (QED) is 0.691. The highest BCUT2D eigenvalue weighted by molar-refractivity contribution is 6.31. The number of halogens is 2. The van der Waals surface area contributed by atoms with E-state index in [9.17, 15) is 0 Å². The smallest absolute Gasteiger partial charge is 0.0698 e. The Kier molecular flexibility index (Phi) is 4.16. The third kappa shape index (κ3) is 2.38. The van der Waals surface area contributed by atoms with Crippen LogP contribution in [0.3, 0.4) is 0 Å². The van der Waals surface area contributed by atoms with Crippen LogP contribution in [0, 0.1) is 0 Å². The predicted octanol–water partition coefficient (Wildman–Crippen LogP) is 1.59. The second kappa shape index (κ2) is 4.96. The number of nitrogens with one attached hydrogen (secondary N) is 2. The molecule has 14 heavy (non-hydrogen) atoms. The highest BCUT2D eigenvalue weighted by Gasteiger charge is 2.23. The lowest BCUT2D eigenvalue weighted by Gasteiger charge is -2.10. The van der Waals surface area contributed by atoms with Crippen molar-refractivity contribution < 1.29 is 0 Å². The van der Waals surface area contributed by atoms with Gasteiger partial charge in [-0.2, -0.15) is 0 Å². The van der Waals surface area contributed by atoms with Gasteiger partial charge in [-0.25, -0.2) is 10.9 Å². The van der Waals surface area contributed by atoms with Crippen LogP contribution >= 0.6 is 24.0 Å². The SMILES string of the molecule is Cl.NC1CC(c2ccccc2Cl)NN1. The van der Waals surface area contributed by atoms with E-state index in [1.54, 1.807) is 0 Å². The maximum atomic E-state index is 6.04. The first kappa shape index (κ1) is 11.8. The molecule has 78 valence electrons. The second-order valence-electron chi connectivity index (χ2n) is 3.20. The summed E-state index contributed by atoms with van der Waals surface area (Å²) in [6, 6.07) is 8.03. The molecule has 0 bridgehead atoms. The fourth-order valence-corrected chi connectivity index (χ4v) is 1.81. The zero-order chi connectivity index (χ0) is 9.26. The molecule has 0 radical (unpaired) electrons. The molecule has 0 amide bonds. The van der Waals surface area contributed by atoms with E-state index in [0.29, 0.717) is 0 Å². The Morgan fingerprint density at radius 1 is 1.29 bits per heavy atom. The number of rotatable bonds is 1. The molecule has 2 unspecified atom stereocenters. The maximum absolute atomic E-state index is 6.04. The lowest BCUT2D eigenvalue weighted by atomic mass is 10.0. The van der Waals surface area contributed by atoms with Crippen LogP contribution in [0.5, 0.6) is 0 Å². The van der Waals surface area contributed by atoms with E-state index >= 15 is 0 Å². The highest BCUT2D eigenvalue weighted by atomic mass is 35.5. The first-order valence-corrected chi connectivity index (χ1v) is 4.66. The highest BCUT2D eigenvalue weighted by Crippen LogP contribution is 2.26. The van der Waals surface area contributed by atoms with Crippen molar-refractivity contribution in [3.05, 3.63) is 34.9 Å². The molecule has 5 heteroatoms. The van der Waals surface area contributed by atoms with E-state index in [-0.39, 0.29) is 24.6 Å². The Balaban J connectivity index is 0.000000980. The Morgan fingerprint density at radius 3 is 2.57 bits per heavy atom. The minimum absolute atomic E-state index is 0. The minimum Gasteiger partial charge on any atom is -0.315 e. The molecule has 4 N–H and O–H groups in total. The standard InChI is InChI=1S/C9H12ClN3.ClH/c10-7-4-2-1-3-6(7)8-5-9(11)13-12-8;/h1-4,8-9,12-13H,5,11H2;1H. The average Bonchev–Trinajstić information content (AvgIpc) is 2.53. The van der Waals surface area contributed by atoms with Crippen LogP contribution in [0.15, 0.2) is 24.3 Å². The molecule has 0 saturated carbocycles. The minimum atomic E-state index is 0. The summed E-state index contributed by atoms with van der Waals surface area (Å²) in [6.07, 6.45) is 0.880. The first-order chi connectivity index (χ1) is 6.27. The summed E-state index contributed by atoms with van der Waals surface area (Å²) in [5.41, 5.74) is 12.9. The molecule has 0 spiro atoms. The van der Waals surface area contributed by atoms with Crippen LogP contribution in [0.2, 0.25) is 5.02 Å². The normalized spacial score (nSPS) is 25.9. The topological polar surface area (TPSA) is 50.1 Å². The van der Waals surface area contributed by atoms with Crippen molar-refractivity contribution >= 4 is 24.0 Å². The van der Waals surface area contributed by atoms with Gasteiger partial charge in [0.2, 0.25) is 0 Å². The Bertz CT molecular complexity index is 306. The van der Waals surface area contributed by atoms with Gasteiger partial charge in [0, 0.05) is 5.02 Å². The van der Waals surface area contributed by atoms with Crippen molar-refractivity contribution in [3.8, 4) is 0 Å². The molecule has 1 aromatic rings. The van der Waals surface area contributed by atoms with Gasteiger partial charge in [-0.15, -0.1) is 12.4 Å². The van der Waals surface area contributed by atoms with Crippen LogP contribution in [0.4, 0.5) is 0 Å². The Morgan fingerprint density at radius 2 is 2.00 bits per heavy atom. The summed E-state index contributed by atoms with van der Waals surface area (Å²) in [6.45, 7) is 0. The number of hydrogen-bond donors (Lipinski definition) is 3. The van der Waals surface area contributed by atoms with Crippen molar-refractivity contribution in [3.63, 3.8) is 0 Å². The molecule has 2 atom stereocenters. The van der Waals surface area contributed by atoms with Gasteiger partial charge in [0.1, 0.15) is 0 Å². The number of benzene rings is 1. The van der Waals surface area contributed by atoms with Crippen LogP contribution in [-0.2, 0) is 0 Å². The van der Waals surface area contributed by atoms with Crippen LogP contribution in [0.1, 0.15) is 18.0 Å². The second-order valence-corrected chi connectivity index (χ2v) is 3.61. The molecule has 1 aromatic carbocycles. The van der Waals surface area contributed by atoms with Crippen molar-refractivity contribution in [2.75, 3.05) is 0 Å². The number of hydrogen-bond acceptors (Lipinski definition) is 3. The fraction of sp³-hybridized carbons (Fsp3) is 0.333. The van der Waals surface area contributed by atoms with Crippen LogP contribution in [0.25, 0.3) is 0 Å². The zero-order valence-electron chi connectivity index (χ0n) is 7.53. The van der Waals surface area contributed by atoms with Gasteiger partial charge in [0.15, 0.2) is 0 Å². The summed E-state index contributed by atoms with van der Waals surface area (Å²) in [7, 11) is 0.